The van der Waals surface area contributed by atoms with Crippen LogP contribution < -0.4 is 10.6 Å². The van der Waals surface area contributed by atoms with Gasteiger partial charge in [-0.15, -0.1) is 0 Å². The summed E-state index contributed by atoms with van der Waals surface area (Å²) in [5.74, 6) is 1.15. The zero-order valence-electron chi connectivity index (χ0n) is 12.9. The van der Waals surface area contributed by atoms with Crippen LogP contribution in [0.25, 0.3) is 0 Å². The SMILES string of the molecule is CCNC(=NCC1CCN(S(C)(=O)=O)C1)NC1CC=CC1. The molecule has 0 bridgehead atoms. The standard InChI is InChI=1S/C14H26N4O2S/c1-3-15-14(17-13-6-4-5-7-13)16-10-12-8-9-18(11-12)21(2,19)20/h4-5,12-13H,3,6-11H2,1-2H3,(H2,15,16,17). The topological polar surface area (TPSA) is 73.8 Å². The van der Waals surface area contributed by atoms with Gasteiger partial charge in [0.1, 0.15) is 0 Å². The lowest BCUT2D eigenvalue weighted by Crippen LogP contribution is -2.42. The molecule has 7 heteroatoms. The lowest BCUT2D eigenvalue weighted by Gasteiger charge is -2.17. The van der Waals surface area contributed by atoms with E-state index < -0.39 is 10.0 Å². The molecule has 1 fully saturated rings. The van der Waals surface area contributed by atoms with Crippen LogP contribution in [0.5, 0.6) is 0 Å². The van der Waals surface area contributed by atoms with Crippen molar-refractivity contribution in [1.29, 1.82) is 0 Å². The second-order valence-corrected chi connectivity index (χ2v) is 7.76. The lowest BCUT2D eigenvalue weighted by atomic mass is 10.1. The number of hydrogen-bond donors (Lipinski definition) is 2. The van der Waals surface area contributed by atoms with Gasteiger partial charge in [-0.1, -0.05) is 12.2 Å². The van der Waals surface area contributed by atoms with E-state index in [1.165, 1.54) is 6.26 Å². The third-order valence-electron chi connectivity index (χ3n) is 3.92. The Bertz CT molecular complexity index is 493. The summed E-state index contributed by atoms with van der Waals surface area (Å²) in [6.45, 7) is 4.75. The smallest absolute Gasteiger partial charge is 0.211 e. The molecule has 2 rings (SSSR count). The number of sulfonamides is 1. The van der Waals surface area contributed by atoms with Crippen molar-refractivity contribution < 1.29 is 8.42 Å². The quantitative estimate of drug-likeness (QED) is 0.441. The number of nitrogens with zero attached hydrogens (tertiary/aromatic N) is 2. The lowest BCUT2D eigenvalue weighted by molar-refractivity contribution is 0.463. The normalized spacial score (nSPS) is 24.7. The molecule has 1 unspecified atom stereocenters. The van der Waals surface area contributed by atoms with Gasteiger partial charge in [-0.2, -0.15) is 0 Å². The highest BCUT2D eigenvalue weighted by Gasteiger charge is 2.28. The molecule has 0 saturated carbocycles. The summed E-state index contributed by atoms with van der Waals surface area (Å²) in [5.41, 5.74) is 0. The average Bonchev–Trinajstić information content (AvgIpc) is 3.06. The van der Waals surface area contributed by atoms with Gasteiger partial charge in [0, 0.05) is 32.2 Å². The van der Waals surface area contributed by atoms with Gasteiger partial charge in [0.15, 0.2) is 5.96 Å². The van der Waals surface area contributed by atoms with Crippen LogP contribution >= 0.6 is 0 Å². The van der Waals surface area contributed by atoms with Gasteiger partial charge >= 0.3 is 0 Å². The van der Waals surface area contributed by atoms with Crippen molar-refractivity contribution in [2.24, 2.45) is 10.9 Å². The number of guanidine groups is 1. The molecule has 0 aromatic carbocycles. The van der Waals surface area contributed by atoms with Crippen LogP contribution in [0.1, 0.15) is 26.2 Å². The van der Waals surface area contributed by atoms with E-state index in [9.17, 15) is 8.42 Å². The molecule has 1 aliphatic heterocycles. The largest absolute Gasteiger partial charge is 0.357 e. The fourth-order valence-corrected chi connectivity index (χ4v) is 3.63. The van der Waals surface area contributed by atoms with Crippen LogP contribution in [0.4, 0.5) is 0 Å². The first-order chi connectivity index (χ1) is 9.99. The maximum Gasteiger partial charge on any atom is 0.211 e. The van der Waals surface area contributed by atoms with E-state index >= 15 is 0 Å². The summed E-state index contributed by atoms with van der Waals surface area (Å²) in [6.07, 6.45) is 8.61. The third kappa shape index (κ3) is 5.00. The Labute approximate surface area is 127 Å². The highest BCUT2D eigenvalue weighted by atomic mass is 32.2. The summed E-state index contributed by atoms with van der Waals surface area (Å²) >= 11 is 0. The summed E-state index contributed by atoms with van der Waals surface area (Å²) < 4.78 is 24.6. The zero-order valence-corrected chi connectivity index (χ0v) is 13.7. The van der Waals surface area contributed by atoms with E-state index in [1.807, 2.05) is 6.92 Å². The van der Waals surface area contributed by atoms with Crippen molar-refractivity contribution in [1.82, 2.24) is 14.9 Å². The third-order valence-corrected chi connectivity index (χ3v) is 5.19. The number of rotatable bonds is 5. The number of nitrogens with one attached hydrogen (secondary N) is 2. The molecule has 2 aliphatic rings. The van der Waals surface area contributed by atoms with Crippen molar-refractivity contribution in [2.45, 2.75) is 32.2 Å². The first-order valence-electron chi connectivity index (χ1n) is 7.64. The maximum absolute atomic E-state index is 11.5. The van der Waals surface area contributed by atoms with Crippen molar-refractivity contribution in [2.75, 3.05) is 32.4 Å². The van der Waals surface area contributed by atoms with Crippen LogP contribution in [-0.2, 0) is 10.0 Å². The van der Waals surface area contributed by atoms with Crippen LogP contribution in [-0.4, -0.2) is 57.2 Å². The summed E-state index contributed by atoms with van der Waals surface area (Å²) in [7, 11) is -3.06. The van der Waals surface area contributed by atoms with Gasteiger partial charge in [-0.3, -0.25) is 4.99 Å². The first kappa shape index (κ1) is 16.3. The molecule has 1 heterocycles. The molecule has 2 N–H and O–H groups in total. The molecule has 0 aromatic heterocycles. The van der Waals surface area contributed by atoms with E-state index in [-0.39, 0.29) is 0 Å². The average molecular weight is 314 g/mol. The number of aliphatic imine (C=N–C) groups is 1. The Kier molecular flexibility index (Phi) is 5.64. The van der Waals surface area contributed by atoms with E-state index in [1.54, 1.807) is 4.31 Å². The molecular weight excluding hydrogens is 288 g/mol. The molecule has 6 nitrogen and oxygen atoms in total. The van der Waals surface area contributed by atoms with E-state index in [4.69, 9.17) is 0 Å². The molecule has 1 saturated heterocycles. The van der Waals surface area contributed by atoms with Gasteiger partial charge < -0.3 is 10.6 Å². The van der Waals surface area contributed by atoms with Gasteiger partial charge in [0.25, 0.3) is 0 Å². The van der Waals surface area contributed by atoms with Gasteiger partial charge in [-0.25, -0.2) is 12.7 Å². The van der Waals surface area contributed by atoms with Crippen LogP contribution in [0.3, 0.4) is 0 Å². The van der Waals surface area contributed by atoms with Crippen molar-refractivity contribution in [3.63, 3.8) is 0 Å². The highest BCUT2D eigenvalue weighted by molar-refractivity contribution is 7.88. The Balaban J connectivity index is 1.85. The Hall–Kier alpha value is -1.08. The van der Waals surface area contributed by atoms with E-state index in [0.29, 0.717) is 31.6 Å². The van der Waals surface area contributed by atoms with Gasteiger partial charge in [0.05, 0.1) is 6.26 Å². The Morgan fingerprint density at radius 2 is 2.10 bits per heavy atom. The summed E-state index contributed by atoms with van der Waals surface area (Å²) in [4.78, 5) is 4.62. The summed E-state index contributed by atoms with van der Waals surface area (Å²) in [5, 5.41) is 6.68. The van der Waals surface area contributed by atoms with Crippen LogP contribution in [0.15, 0.2) is 17.1 Å². The Morgan fingerprint density at radius 3 is 2.67 bits per heavy atom. The Morgan fingerprint density at radius 1 is 1.38 bits per heavy atom. The predicted octanol–water partition coefficient (Wildman–Crippen LogP) is 0.542. The fraction of sp³-hybridized carbons (Fsp3) is 0.786. The van der Waals surface area contributed by atoms with E-state index in [0.717, 1.165) is 31.8 Å². The fourth-order valence-electron chi connectivity index (χ4n) is 2.72. The summed E-state index contributed by atoms with van der Waals surface area (Å²) in [6, 6.07) is 0.430. The van der Waals surface area contributed by atoms with Crippen LogP contribution in [0.2, 0.25) is 0 Å². The molecule has 120 valence electrons. The first-order valence-corrected chi connectivity index (χ1v) is 9.49. The number of hydrogen-bond acceptors (Lipinski definition) is 3. The molecule has 0 amide bonds. The second kappa shape index (κ2) is 7.26. The molecule has 0 radical (unpaired) electrons. The minimum absolute atomic E-state index is 0.317. The minimum Gasteiger partial charge on any atom is -0.357 e. The minimum atomic E-state index is -3.06. The molecule has 1 aliphatic carbocycles. The van der Waals surface area contributed by atoms with Crippen LogP contribution in [0, 0.1) is 5.92 Å². The van der Waals surface area contributed by atoms with Crippen molar-refractivity contribution in [3.8, 4) is 0 Å². The maximum atomic E-state index is 11.5. The highest BCUT2D eigenvalue weighted by Crippen LogP contribution is 2.19. The molecular formula is C14H26N4O2S. The van der Waals surface area contributed by atoms with E-state index in [2.05, 4.69) is 27.8 Å². The van der Waals surface area contributed by atoms with Crippen molar-refractivity contribution in [3.05, 3.63) is 12.2 Å². The monoisotopic (exact) mass is 314 g/mol. The molecule has 1 atom stereocenters. The molecule has 0 spiro atoms. The molecule has 21 heavy (non-hydrogen) atoms. The van der Waals surface area contributed by atoms with Crippen molar-refractivity contribution >= 4 is 16.0 Å². The second-order valence-electron chi connectivity index (χ2n) is 5.78. The van der Waals surface area contributed by atoms with Gasteiger partial charge in [-0.05, 0) is 32.1 Å². The predicted molar refractivity (Wildman–Crippen MR) is 85.8 cm³/mol. The van der Waals surface area contributed by atoms with Gasteiger partial charge in [0.2, 0.25) is 10.0 Å². The zero-order chi connectivity index (χ0) is 15.3. The molecule has 0 aromatic rings.